The Hall–Kier alpha value is -3.78. The molecule has 0 saturated carbocycles. The van der Waals surface area contributed by atoms with Crippen LogP contribution in [0.2, 0.25) is 0 Å². The fourth-order valence-corrected chi connectivity index (χ4v) is 10.9. The van der Waals surface area contributed by atoms with Crippen LogP contribution in [0.1, 0.15) is 154 Å². The molecule has 0 unspecified atom stereocenters. The Morgan fingerprint density at radius 3 is 1.27 bits per heavy atom. The Balaban J connectivity index is 0.000000176. The zero-order valence-electron chi connectivity index (χ0n) is 45.2. The van der Waals surface area contributed by atoms with Crippen LogP contribution in [0, 0.1) is 19.9 Å². The van der Waals surface area contributed by atoms with Crippen LogP contribution in [0.15, 0.2) is 127 Å². The Kier molecular flexibility index (Phi) is 18.2. The van der Waals surface area contributed by atoms with Gasteiger partial charge in [0.1, 0.15) is 0 Å². The van der Waals surface area contributed by atoms with Gasteiger partial charge in [0.05, 0.1) is 9.52 Å². The normalized spacial score (nSPS) is 12.3. The molecule has 4 heteroatoms. The van der Waals surface area contributed by atoms with Crippen LogP contribution in [0.3, 0.4) is 0 Å². The summed E-state index contributed by atoms with van der Waals surface area (Å²) < 4.78 is 0. The van der Waals surface area contributed by atoms with Gasteiger partial charge >= 0.3 is 37.9 Å². The van der Waals surface area contributed by atoms with Gasteiger partial charge in [-0.05, 0) is 67.9 Å². The van der Waals surface area contributed by atoms with Crippen LogP contribution in [0.4, 0.5) is 0 Å². The van der Waals surface area contributed by atoms with Gasteiger partial charge in [-0.1, -0.05) is 217 Å². The minimum Gasteiger partial charge on any atom is -0.184 e. The fourth-order valence-electron chi connectivity index (χ4n) is 9.59. The molecule has 1 aliphatic heterocycles. The van der Waals surface area contributed by atoms with Gasteiger partial charge in [-0.2, -0.15) is 41.6 Å². The molecule has 0 amide bonds. The number of benzene rings is 6. The van der Waals surface area contributed by atoms with E-state index in [9.17, 15) is 0 Å². The van der Waals surface area contributed by atoms with E-state index in [0.29, 0.717) is 0 Å². The molecule has 0 aromatic heterocycles. The molecule has 0 fully saturated rings. The van der Waals surface area contributed by atoms with Crippen molar-refractivity contribution in [3.8, 4) is 33.4 Å². The summed E-state index contributed by atoms with van der Waals surface area (Å²) >= 11 is -0.826. The molecule has 0 spiro atoms. The summed E-state index contributed by atoms with van der Waals surface area (Å²) in [5, 5.41) is 8.36. The maximum absolute atomic E-state index is 4.93. The molecule has 1 aliphatic rings. The standard InChI is InChI=1S/2C27H35.C12H7Si.2ClH.Zr/c2*1-9-10-19-11-12-20-13-18(2)14-24(20)25(19)21-15-22(26(3,4)5)17-23(16-21)27(6,7)8;1-3-7-11-9(5-1)10-6-2-4-8-12(10)13-11;;;/h2*11-17H,9-10H2,1-8H3;1-7H;2*1H;/q3*-1;;;+2/p-2. The monoisotopic (exact) mass is 1060 g/mol. The van der Waals surface area contributed by atoms with E-state index in [2.05, 4.69) is 238 Å². The molecule has 0 atom stereocenters. The molecule has 0 N–H and O–H groups in total. The van der Waals surface area contributed by atoms with Crippen molar-refractivity contribution in [3.05, 3.63) is 178 Å². The third-order valence-electron chi connectivity index (χ3n) is 13.5. The number of hydrogen-bond acceptors (Lipinski definition) is 0. The van der Waals surface area contributed by atoms with Crippen molar-refractivity contribution in [1.82, 2.24) is 0 Å². The molecule has 70 heavy (non-hydrogen) atoms. The summed E-state index contributed by atoms with van der Waals surface area (Å²) in [5.74, 6) is 0. The molecule has 8 aromatic carbocycles. The Bertz CT molecular complexity index is 2770. The molecule has 366 valence electrons. The Morgan fingerprint density at radius 2 is 0.886 bits per heavy atom. The summed E-state index contributed by atoms with van der Waals surface area (Å²) in [7, 11) is 10.7. The van der Waals surface area contributed by atoms with Gasteiger partial charge in [0.25, 0.3) is 0 Å². The van der Waals surface area contributed by atoms with E-state index in [1.807, 2.05) is 6.07 Å². The predicted molar refractivity (Wildman–Crippen MR) is 310 cm³/mol. The maximum atomic E-state index is 4.93. The van der Waals surface area contributed by atoms with Crippen molar-refractivity contribution in [2.24, 2.45) is 0 Å². The fraction of sp³-hybridized carbons (Fsp3) is 0.364. The third-order valence-corrected chi connectivity index (χ3v) is 14.9. The van der Waals surface area contributed by atoms with E-state index in [0.717, 1.165) is 22.4 Å². The number of aryl methyl sites for hydroxylation is 4. The second-order valence-electron chi connectivity index (χ2n) is 23.6. The molecular weight excluding hydrogens is 983 g/mol. The van der Waals surface area contributed by atoms with Crippen molar-refractivity contribution in [3.63, 3.8) is 0 Å². The van der Waals surface area contributed by atoms with Gasteiger partial charge in [0.15, 0.2) is 0 Å². The number of rotatable bonds is 6. The Morgan fingerprint density at radius 1 is 0.500 bits per heavy atom. The van der Waals surface area contributed by atoms with Crippen LogP contribution in [-0.4, -0.2) is 9.52 Å². The number of hydrogen-bond donors (Lipinski definition) is 0. The summed E-state index contributed by atoms with van der Waals surface area (Å²) in [6.07, 6.45) is 4.59. The predicted octanol–water partition coefficient (Wildman–Crippen LogP) is 18.7. The number of halogens is 2. The second kappa shape index (κ2) is 23.0. The van der Waals surface area contributed by atoms with E-state index in [1.165, 1.54) is 123 Å². The smallest absolute Gasteiger partial charge is 0.0920 e. The average Bonchev–Trinajstić information content (AvgIpc) is 3.99. The van der Waals surface area contributed by atoms with Crippen LogP contribution < -0.4 is 10.4 Å². The minimum atomic E-state index is -0.826. The largest absolute Gasteiger partial charge is 0.184 e. The molecular formula is C66H77Cl2SiZr-3. The molecule has 2 radical (unpaired) electrons. The first kappa shape index (κ1) is 55.5. The number of fused-ring (bicyclic) bond motifs is 5. The zero-order chi connectivity index (χ0) is 51.3. The van der Waals surface area contributed by atoms with Crippen molar-refractivity contribution < 1.29 is 20.8 Å². The molecule has 9 rings (SSSR count). The first-order valence-corrected chi connectivity index (χ1v) is 32.7. The van der Waals surface area contributed by atoms with E-state index in [-0.39, 0.29) is 21.7 Å². The van der Waals surface area contributed by atoms with E-state index in [4.69, 9.17) is 17.0 Å². The second-order valence-corrected chi connectivity index (χ2v) is 28.6. The summed E-state index contributed by atoms with van der Waals surface area (Å²) in [6, 6.07) is 51.4. The van der Waals surface area contributed by atoms with E-state index in [1.54, 1.807) is 0 Å². The van der Waals surface area contributed by atoms with E-state index < -0.39 is 20.8 Å². The minimum absolute atomic E-state index is 0.136. The van der Waals surface area contributed by atoms with Crippen LogP contribution in [-0.2, 0) is 55.3 Å². The van der Waals surface area contributed by atoms with Gasteiger partial charge in [0, 0.05) is 0 Å². The van der Waals surface area contributed by atoms with Crippen LogP contribution in [0.5, 0.6) is 0 Å². The first-order chi connectivity index (χ1) is 32.9. The van der Waals surface area contributed by atoms with Gasteiger partial charge in [-0.15, -0.1) is 74.6 Å². The summed E-state index contributed by atoms with van der Waals surface area (Å²) in [5.41, 5.74) is 20.3. The van der Waals surface area contributed by atoms with Gasteiger partial charge in [0.2, 0.25) is 0 Å². The molecule has 0 nitrogen and oxygen atoms in total. The Labute approximate surface area is 445 Å². The molecule has 0 aliphatic carbocycles. The molecule has 0 saturated heterocycles. The maximum Gasteiger partial charge on any atom is 0.0920 e. The van der Waals surface area contributed by atoms with Gasteiger partial charge in [-0.25, -0.2) is 0 Å². The zero-order valence-corrected chi connectivity index (χ0v) is 50.2. The van der Waals surface area contributed by atoms with E-state index >= 15 is 0 Å². The van der Waals surface area contributed by atoms with Gasteiger partial charge in [-0.3, -0.25) is 0 Å². The van der Waals surface area contributed by atoms with Crippen molar-refractivity contribution in [2.45, 2.75) is 158 Å². The van der Waals surface area contributed by atoms with Crippen LogP contribution >= 0.6 is 17.0 Å². The quantitative estimate of drug-likeness (QED) is 0.115. The molecule has 1 heterocycles. The van der Waals surface area contributed by atoms with Crippen LogP contribution in [0.25, 0.3) is 54.9 Å². The van der Waals surface area contributed by atoms with Crippen molar-refractivity contribution in [1.29, 1.82) is 0 Å². The summed E-state index contributed by atoms with van der Waals surface area (Å²) in [6.45, 7) is 36.8. The summed E-state index contributed by atoms with van der Waals surface area (Å²) in [4.78, 5) is 0. The first-order valence-electron chi connectivity index (χ1n) is 25.4. The topological polar surface area (TPSA) is 0 Å². The molecule has 0 bridgehead atoms. The molecule has 8 aromatic rings. The SMILES string of the molecule is CCCc1ccc2[cH-]c(C)cc2c1-c1cc(C(C)(C)C)cc(C(C)(C)C)c1.CCCc1ccc2[cH-]c(C)cc2c1-c1cc(C(C)(C)C)cc(C(C)(C)C)c1.[Cl][Zr][Cl].[c-]1cccc2c1[Si]c1ccccc1-2. The van der Waals surface area contributed by atoms with Gasteiger partial charge < -0.3 is 0 Å². The van der Waals surface area contributed by atoms with Crippen molar-refractivity contribution >= 4 is 58.5 Å². The van der Waals surface area contributed by atoms with Crippen molar-refractivity contribution in [2.75, 3.05) is 0 Å². The third kappa shape index (κ3) is 13.4. The average molecular weight is 1060 g/mol.